The van der Waals surface area contributed by atoms with Crippen molar-refractivity contribution < 1.29 is 9.53 Å². The van der Waals surface area contributed by atoms with Gasteiger partial charge in [0.05, 0.1) is 24.1 Å². The van der Waals surface area contributed by atoms with E-state index in [9.17, 15) is 4.79 Å². The molecule has 3 aromatic rings. The highest BCUT2D eigenvalue weighted by Crippen LogP contribution is 2.29. The number of ether oxygens (including phenoxy) is 1. The van der Waals surface area contributed by atoms with Gasteiger partial charge in [0.1, 0.15) is 11.8 Å². The summed E-state index contributed by atoms with van der Waals surface area (Å²) in [6.45, 7) is 2.99. The second kappa shape index (κ2) is 7.20. The van der Waals surface area contributed by atoms with Gasteiger partial charge in [-0.2, -0.15) is 0 Å². The average Bonchev–Trinajstić information content (AvgIpc) is 3.15. The number of nitrogens with one attached hydrogen (secondary N) is 2. The molecule has 2 saturated heterocycles. The normalized spacial score (nSPS) is 20.1. The third-order valence-electron chi connectivity index (χ3n) is 5.38. The summed E-state index contributed by atoms with van der Waals surface area (Å²) in [6.07, 6.45) is 5.52. The van der Waals surface area contributed by atoms with E-state index >= 15 is 0 Å². The Morgan fingerprint density at radius 1 is 1.18 bits per heavy atom. The molecule has 1 unspecified atom stereocenters. The van der Waals surface area contributed by atoms with Crippen molar-refractivity contribution in [3.63, 3.8) is 0 Å². The van der Waals surface area contributed by atoms with Gasteiger partial charge in [0, 0.05) is 24.9 Å². The average molecular weight is 378 g/mol. The third kappa shape index (κ3) is 3.20. The van der Waals surface area contributed by atoms with Crippen LogP contribution in [0.2, 0.25) is 0 Å². The van der Waals surface area contributed by atoms with Crippen molar-refractivity contribution in [1.82, 2.24) is 30.2 Å². The number of imidazole rings is 1. The number of piperidine rings is 1. The van der Waals surface area contributed by atoms with Crippen LogP contribution in [0.3, 0.4) is 0 Å². The number of para-hydroxylation sites is 2. The molecule has 5 rings (SSSR count). The zero-order chi connectivity index (χ0) is 18.9. The molecule has 0 saturated carbocycles. The Balaban J connectivity index is 1.23. The molecule has 144 valence electrons. The second-order valence-corrected chi connectivity index (χ2v) is 7.34. The fourth-order valence-corrected chi connectivity index (χ4v) is 3.83. The van der Waals surface area contributed by atoms with Crippen molar-refractivity contribution in [2.24, 2.45) is 0 Å². The Morgan fingerprint density at radius 2 is 2.04 bits per heavy atom. The van der Waals surface area contributed by atoms with Crippen molar-refractivity contribution in [3.05, 3.63) is 48.2 Å². The molecule has 8 heteroatoms. The first-order valence-corrected chi connectivity index (χ1v) is 9.70. The summed E-state index contributed by atoms with van der Waals surface area (Å²) >= 11 is 0. The topological polar surface area (TPSA) is 96.0 Å². The van der Waals surface area contributed by atoms with E-state index in [4.69, 9.17) is 4.74 Å². The zero-order valence-corrected chi connectivity index (χ0v) is 15.5. The van der Waals surface area contributed by atoms with Gasteiger partial charge < -0.3 is 19.9 Å². The van der Waals surface area contributed by atoms with Crippen molar-refractivity contribution >= 4 is 16.9 Å². The number of hydrogen-bond acceptors (Lipinski definition) is 6. The number of aromatic nitrogens is 4. The quantitative estimate of drug-likeness (QED) is 0.718. The van der Waals surface area contributed by atoms with Gasteiger partial charge in [-0.15, -0.1) is 0 Å². The van der Waals surface area contributed by atoms with Gasteiger partial charge in [-0.1, -0.05) is 12.1 Å². The highest BCUT2D eigenvalue weighted by molar-refractivity contribution is 5.94. The monoisotopic (exact) mass is 378 g/mol. The van der Waals surface area contributed by atoms with E-state index in [-0.39, 0.29) is 12.0 Å². The summed E-state index contributed by atoms with van der Waals surface area (Å²) in [4.78, 5) is 30.8. The van der Waals surface area contributed by atoms with Crippen LogP contribution < -0.4 is 10.1 Å². The molecule has 2 N–H and O–H groups in total. The molecule has 0 radical (unpaired) electrons. The van der Waals surface area contributed by atoms with Gasteiger partial charge in [-0.3, -0.25) is 9.78 Å². The van der Waals surface area contributed by atoms with Gasteiger partial charge in [0.25, 0.3) is 5.91 Å². The lowest BCUT2D eigenvalue weighted by atomic mass is 9.96. The number of likely N-dealkylation sites (tertiary alicyclic amines) is 1. The minimum absolute atomic E-state index is 0.0691. The first-order valence-electron chi connectivity index (χ1n) is 9.70. The van der Waals surface area contributed by atoms with E-state index in [0.29, 0.717) is 30.7 Å². The standard InChI is InChI=1S/C20H22N6O2/c27-20(18-24-15-5-1-2-6-16(15)25-18)26-11-14(12-26)28-19-17(22-8-9-23-19)13-4-3-7-21-10-13/h1-2,5-6,8-9,13-14,21H,3-4,7,10-12H2,(H,24,25). The Labute approximate surface area is 162 Å². The van der Waals surface area contributed by atoms with Crippen molar-refractivity contribution in [2.45, 2.75) is 24.9 Å². The van der Waals surface area contributed by atoms with E-state index in [1.54, 1.807) is 17.3 Å². The molecule has 8 nitrogen and oxygen atoms in total. The number of amides is 1. The molecule has 2 aliphatic rings. The predicted octanol–water partition coefficient (Wildman–Crippen LogP) is 1.72. The van der Waals surface area contributed by atoms with Crippen LogP contribution in [0, 0.1) is 0 Å². The maximum Gasteiger partial charge on any atom is 0.289 e. The van der Waals surface area contributed by atoms with Crippen LogP contribution in [0.5, 0.6) is 5.88 Å². The first-order chi connectivity index (χ1) is 13.8. The summed E-state index contributed by atoms with van der Waals surface area (Å²) in [5.41, 5.74) is 2.57. The number of carbonyl (C=O) groups is 1. The minimum Gasteiger partial charge on any atom is -0.469 e. The van der Waals surface area contributed by atoms with Crippen molar-refractivity contribution in [2.75, 3.05) is 26.2 Å². The fraction of sp³-hybridized carbons (Fsp3) is 0.400. The number of benzene rings is 1. The summed E-state index contributed by atoms with van der Waals surface area (Å²) < 4.78 is 6.08. The Bertz CT molecular complexity index is 958. The Hall–Kier alpha value is -3.00. The van der Waals surface area contributed by atoms with Gasteiger partial charge >= 0.3 is 0 Å². The molecular formula is C20H22N6O2. The van der Waals surface area contributed by atoms with Gasteiger partial charge in [0.2, 0.25) is 5.88 Å². The molecule has 0 bridgehead atoms. The Kier molecular flexibility index (Phi) is 4.40. The number of carbonyl (C=O) groups excluding carboxylic acids is 1. The lowest BCUT2D eigenvalue weighted by Gasteiger charge is -2.38. The van der Waals surface area contributed by atoms with Gasteiger partial charge in [-0.05, 0) is 31.5 Å². The summed E-state index contributed by atoms with van der Waals surface area (Å²) in [5.74, 6) is 1.18. The first kappa shape index (κ1) is 17.1. The zero-order valence-electron chi connectivity index (χ0n) is 15.5. The molecule has 1 aromatic carbocycles. The van der Waals surface area contributed by atoms with Crippen LogP contribution in [0.25, 0.3) is 11.0 Å². The van der Waals surface area contributed by atoms with Crippen molar-refractivity contribution in [1.29, 1.82) is 0 Å². The Morgan fingerprint density at radius 3 is 2.86 bits per heavy atom. The van der Waals surface area contributed by atoms with Crippen LogP contribution in [-0.2, 0) is 0 Å². The van der Waals surface area contributed by atoms with E-state index in [0.717, 1.165) is 42.7 Å². The number of H-pyrrole nitrogens is 1. The maximum atomic E-state index is 12.6. The largest absolute Gasteiger partial charge is 0.469 e. The van der Waals surface area contributed by atoms with Crippen LogP contribution in [0.4, 0.5) is 0 Å². The highest BCUT2D eigenvalue weighted by Gasteiger charge is 2.35. The second-order valence-electron chi connectivity index (χ2n) is 7.34. The third-order valence-corrected chi connectivity index (χ3v) is 5.38. The molecule has 0 aliphatic carbocycles. The molecule has 0 spiro atoms. The van der Waals surface area contributed by atoms with Crippen LogP contribution in [-0.4, -0.2) is 63.0 Å². The molecule has 28 heavy (non-hydrogen) atoms. The molecule has 2 fully saturated rings. The lowest BCUT2D eigenvalue weighted by Crippen LogP contribution is -2.56. The number of hydrogen-bond donors (Lipinski definition) is 2. The molecule has 4 heterocycles. The number of fused-ring (bicyclic) bond motifs is 1. The molecule has 1 atom stereocenters. The maximum absolute atomic E-state index is 12.6. The smallest absolute Gasteiger partial charge is 0.289 e. The molecule has 2 aromatic heterocycles. The fourth-order valence-electron chi connectivity index (χ4n) is 3.83. The summed E-state index contributed by atoms with van der Waals surface area (Å²) in [7, 11) is 0. The summed E-state index contributed by atoms with van der Waals surface area (Å²) in [5, 5.41) is 3.41. The van der Waals surface area contributed by atoms with Crippen LogP contribution >= 0.6 is 0 Å². The number of aromatic amines is 1. The predicted molar refractivity (Wildman–Crippen MR) is 103 cm³/mol. The number of rotatable bonds is 4. The summed E-state index contributed by atoms with van der Waals surface area (Å²) in [6, 6.07) is 7.63. The van der Waals surface area contributed by atoms with E-state index < -0.39 is 0 Å². The van der Waals surface area contributed by atoms with Crippen LogP contribution in [0.15, 0.2) is 36.7 Å². The van der Waals surface area contributed by atoms with E-state index in [1.807, 2.05) is 24.3 Å². The van der Waals surface area contributed by atoms with Gasteiger partial charge in [-0.25, -0.2) is 9.97 Å². The van der Waals surface area contributed by atoms with Crippen molar-refractivity contribution in [3.8, 4) is 5.88 Å². The van der Waals surface area contributed by atoms with Crippen LogP contribution in [0.1, 0.15) is 35.1 Å². The molecule has 2 aliphatic heterocycles. The van der Waals surface area contributed by atoms with E-state index in [1.165, 1.54) is 0 Å². The van der Waals surface area contributed by atoms with E-state index in [2.05, 4.69) is 25.3 Å². The van der Waals surface area contributed by atoms with Gasteiger partial charge in [0.15, 0.2) is 5.82 Å². The highest BCUT2D eigenvalue weighted by atomic mass is 16.5. The molecule has 1 amide bonds. The number of nitrogens with zero attached hydrogens (tertiary/aromatic N) is 4. The molecular weight excluding hydrogens is 356 g/mol. The minimum atomic E-state index is -0.105. The lowest BCUT2D eigenvalue weighted by molar-refractivity contribution is 0.0144. The SMILES string of the molecule is O=C(c1nc2ccccc2[nH]1)N1CC(Oc2nccnc2C2CCCNC2)C1.